The van der Waals surface area contributed by atoms with Crippen LogP contribution in [0.15, 0.2) is 24.3 Å². The van der Waals surface area contributed by atoms with Crippen LogP contribution in [-0.2, 0) is 10.5 Å². The number of carboxylic acids is 1. The molecular formula is C12H15NO2S2. The van der Waals surface area contributed by atoms with Gasteiger partial charge in [-0.3, -0.25) is 4.79 Å². The number of thiocarbonyl (C=S) groups is 1. The summed E-state index contributed by atoms with van der Waals surface area (Å²) in [6.45, 7) is 0. The molecule has 0 saturated carbocycles. The van der Waals surface area contributed by atoms with E-state index < -0.39 is 5.97 Å². The highest BCUT2D eigenvalue weighted by atomic mass is 32.2. The summed E-state index contributed by atoms with van der Waals surface area (Å²) >= 11 is 6.68. The average Bonchev–Trinajstić information content (AvgIpc) is 2.28. The standard InChI is InChI=1S/C12H15NO2S2/c13-12(16)10-5-2-1-4-9(10)8-17-7-3-6-11(14)15/h1-2,4-5H,3,6-8H2,(H2,13,16)(H,14,15). The fraction of sp³-hybridized carbons (Fsp3) is 0.333. The summed E-state index contributed by atoms with van der Waals surface area (Å²) in [5.41, 5.74) is 7.65. The normalized spacial score (nSPS) is 10.1. The van der Waals surface area contributed by atoms with E-state index in [4.69, 9.17) is 23.1 Å². The van der Waals surface area contributed by atoms with Gasteiger partial charge in [-0.05, 0) is 17.7 Å². The van der Waals surface area contributed by atoms with E-state index in [0.29, 0.717) is 11.4 Å². The number of rotatable bonds is 7. The topological polar surface area (TPSA) is 63.3 Å². The van der Waals surface area contributed by atoms with E-state index in [9.17, 15) is 4.79 Å². The second-order valence-electron chi connectivity index (χ2n) is 3.57. The van der Waals surface area contributed by atoms with Crippen LogP contribution < -0.4 is 5.73 Å². The van der Waals surface area contributed by atoms with Gasteiger partial charge < -0.3 is 10.8 Å². The molecule has 0 unspecified atom stereocenters. The number of carbonyl (C=O) groups is 1. The number of hydrogen-bond acceptors (Lipinski definition) is 3. The molecule has 1 rings (SSSR count). The minimum absolute atomic E-state index is 0.226. The molecule has 0 fully saturated rings. The van der Waals surface area contributed by atoms with Gasteiger partial charge in [0.2, 0.25) is 0 Å². The Labute approximate surface area is 110 Å². The Hall–Kier alpha value is -1.07. The highest BCUT2D eigenvalue weighted by molar-refractivity contribution is 7.98. The molecule has 0 atom stereocenters. The molecule has 3 N–H and O–H groups in total. The fourth-order valence-electron chi connectivity index (χ4n) is 1.39. The SMILES string of the molecule is NC(=S)c1ccccc1CSCCCC(=O)O. The van der Waals surface area contributed by atoms with Crippen molar-refractivity contribution >= 4 is 34.9 Å². The van der Waals surface area contributed by atoms with Crippen molar-refractivity contribution in [2.45, 2.75) is 18.6 Å². The van der Waals surface area contributed by atoms with E-state index in [1.54, 1.807) is 11.8 Å². The molecule has 3 nitrogen and oxygen atoms in total. The van der Waals surface area contributed by atoms with Crippen molar-refractivity contribution in [3.8, 4) is 0 Å². The zero-order valence-corrected chi connectivity index (χ0v) is 11.0. The van der Waals surface area contributed by atoms with Crippen LogP contribution in [0, 0.1) is 0 Å². The predicted molar refractivity (Wildman–Crippen MR) is 75.4 cm³/mol. The van der Waals surface area contributed by atoms with E-state index in [-0.39, 0.29) is 6.42 Å². The quantitative estimate of drug-likeness (QED) is 0.588. The van der Waals surface area contributed by atoms with Crippen molar-refractivity contribution in [1.82, 2.24) is 0 Å². The lowest BCUT2D eigenvalue weighted by Crippen LogP contribution is -2.11. The van der Waals surface area contributed by atoms with Crippen molar-refractivity contribution in [3.63, 3.8) is 0 Å². The van der Waals surface area contributed by atoms with Crippen LogP contribution in [0.4, 0.5) is 0 Å². The molecular weight excluding hydrogens is 254 g/mol. The van der Waals surface area contributed by atoms with Gasteiger partial charge in [0.1, 0.15) is 4.99 Å². The van der Waals surface area contributed by atoms with Gasteiger partial charge in [0.25, 0.3) is 0 Å². The summed E-state index contributed by atoms with van der Waals surface area (Å²) in [5.74, 6) is 0.902. The lowest BCUT2D eigenvalue weighted by Gasteiger charge is -2.07. The average molecular weight is 269 g/mol. The Morgan fingerprint density at radius 3 is 2.76 bits per heavy atom. The van der Waals surface area contributed by atoms with Gasteiger partial charge in [0.05, 0.1) is 0 Å². The van der Waals surface area contributed by atoms with Gasteiger partial charge in [-0.1, -0.05) is 36.5 Å². The van der Waals surface area contributed by atoms with Gasteiger partial charge in [0, 0.05) is 17.7 Å². The molecule has 1 aromatic rings. The molecule has 0 spiro atoms. The lowest BCUT2D eigenvalue weighted by atomic mass is 10.1. The predicted octanol–water partition coefficient (Wildman–Crippen LogP) is 2.42. The summed E-state index contributed by atoms with van der Waals surface area (Å²) in [6, 6.07) is 7.77. The Morgan fingerprint density at radius 1 is 1.41 bits per heavy atom. The number of nitrogens with two attached hydrogens (primary N) is 1. The summed E-state index contributed by atoms with van der Waals surface area (Å²) in [6.07, 6.45) is 0.916. The first kappa shape index (κ1) is 14.0. The van der Waals surface area contributed by atoms with Crippen molar-refractivity contribution < 1.29 is 9.90 Å². The second kappa shape index (κ2) is 7.29. The van der Waals surface area contributed by atoms with Crippen LogP contribution >= 0.6 is 24.0 Å². The minimum Gasteiger partial charge on any atom is -0.481 e. The van der Waals surface area contributed by atoms with Crippen molar-refractivity contribution in [1.29, 1.82) is 0 Å². The maximum Gasteiger partial charge on any atom is 0.303 e. The third kappa shape index (κ3) is 5.19. The van der Waals surface area contributed by atoms with E-state index in [1.807, 2.05) is 24.3 Å². The van der Waals surface area contributed by atoms with Gasteiger partial charge in [-0.25, -0.2) is 0 Å². The lowest BCUT2D eigenvalue weighted by molar-refractivity contribution is -0.137. The number of thioether (sulfide) groups is 1. The third-order valence-corrected chi connectivity index (χ3v) is 3.53. The van der Waals surface area contributed by atoms with Crippen molar-refractivity contribution in [2.24, 2.45) is 5.73 Å². The molecule has 1 aromatic carbocycles. The molecule has 0 aliphatic rings. The second-order valence-corrected chi connectivity index (χ2v) is 5.12. The van der Waals surface area contributed by atoms with Gasteiger partial charge >= 0.3 is 5.97 Å². The summed E-state index contributed by atoms with van der Waals surface area (Å²) in [7, 11) is 0. The molecule has 0 aromatic heterocycles. The van der Waals surface area contributed by atoms with Gasteiger partial charge in [-0.2, -0.15) is 11.8 Å². The van der Waals surface area contributed by atoms with Crippen molar-refractivity contribution in [2.75, 3.05) is 5.75 Å². The van der Waals surface area contributed by atoms with Crippen molar-refractivity contribution in [3.05, 3.63) is 35.4 Å². The summed E-state index contributed by atoms with van der Waals surface area (Å²) < 4.78 is 0. The Morgan fingerprint density at radius 2 is 2.12 bits per heavy atom. The van der Waals surface area contributed by atoms with Crippen LogP contribution in [0.2, 0.25) is 0 Å². The largest absolute Gasteiger partial charge is 0.481 e. The number of carboxylic acid groups (broad SMARTS) is 1. The van der Waals surface area contributed by atoms with E-state index in [0.717, 1.165) is 22.6 Å². The first-order chi connectivity index (χ1) is 8.11. The van der Waals surface area contributed by atoms with Crippen LogP contribution in [-0.4, -0.2) is 21.8 Å². The number of benzene rings is 1. The smallest absolute Gasteiger partial charge is 0.303 e. The number of hydrogen-bond donors (Lipinski definition) is 2. The molecule has 0 radical (unpaired) electrons. The summed E-state index contributed by atoms with van der Waals surface area (Å²) in [5, 5.41) is 8.50. The molecule has 5 heteroatoms. The van der Waals surface area contributed by atoms with Crippen LogP contribution in [0.1, 0.15) is 24.0 Å². The molecule has 0 aliphatic carbocycles. The van der Waals surface area contributed by atoms with E-state index in [2.05, 4.69) is 0 Å². The molecule has 0 heterocycles. The van der Waals surface area contributed by atoms with Crippen LogP contribution in [0.25, 0.3) is 0 Å². The Bertz CT molecular complexity index is 407. The Kier molecular flexibility index (Phi) is 6.00. The minimum atomic E-state index is -0.742. The first-order valence-electron chi connectivity index (χ1n) is 5.28. The first-order valence-corrected chi connectivity index (χ1v) is 6.85. The molecule has 0 aliphatic heterocycles. The number of aliphatic carboxylic acids is 1. The molecule has 0 saturated heterocycles. The third-order valence-electron chi connectivity index (χ3n) is 2.22. The van der Waals surface area contributed by atoms with Crippen LogP contribution in [0.5, 0.6) is 0 Å². The molecule has 0 amide bonds. The Balaban J connectivity index is 2.41. The molecule has 17 heavy (non-hydrogen) atoms. The highest BCUT2D eigenvalue weighted by Gasteiger charge is 2.04. The molecule has 0 bridgehead atoms. The summed E-state index contributed by atoms with van der Waals surface area (Å²) in [4.78, 5) is 10.7. The zero-order chi connectivity index (χ0) is 12.7. The monoisotopic (exact) mass is 269 g/mol. The molecule has 92 valence electrons. The highest BCUT2D eigenvalue weighted by Crippen LogP contribution is 2.17. The maximum absolute atomic E-state index is 10.3. The fourth-order valence-corrected chi connectivity index (χ4v) is 2.56. The maximum atomic E-state index is 10.3. The van der Waals surface area contributed by atoms with Gasteiger partial charge in [0.15, 0.2) is 0 Å². The van der Waals surface area contributed by atoms with E-state index in [1.165, 1.54) is 0 Å². The van der Waals surface area contributed by atoms with E-state index >= 15 is 0 Å². The van der Waals surface area contributed by atoms with Gasteiger partial charge in [-0.15, -0.1) is 0 Å². The van der Waals surface area contributed by atoms with Crippen LogP contribution in [0.3, 0.4) is 0 Å². The zero-order valence-electron chi connectivity index (χ0n) is 9.39.